The average Bonchev–Trinajstić information content (AvgIpc) is 2.82. The zero-order chi connectivity index (χ0) is 12.5. The van der Waals surface area contributed by atoms with Gasteiger partial charge in [-0.25, -0.2) is 9.50 Å². The number of fused-ring (bicyclic) bond motifs is 1. The van der Waals surface area contributed by atoms with Crippen LogP contribution in [0, 0.1) is 5.92 Å². The van der Waals surface area contributed by atoms with Crippen molar-refractivity contribution in [2.24, 2.45) is 5.92 Å². The molecule has 1 saturated heterocycles. The molecular weight excluding hydrogens is 232 g/mol. The normalized spacial score (nSPS) is 24.2. The number of rotatable bonds is 2. The van der Waals surface area contributed by atoms with Gasteiger partial charge in [-0.3, -0.25) is 4.79 Å². The largest absolute Gasteiger partial charge is 0.481 e. The van der Waals surface area contributed by atoms with Gasteiger partial charge in [0.1, 0.15) is 0 Å². The Hall–Kier alpha value is -1.95. The number of nitrogens with zero attached hydrogens (tertiary/aromatic N) is 3. The van der Waals surface area contributed by atoms with Gasteiger partial charge < -0.3 is 10.4 Å². The summed E-state index contributed by atoms with van der Waals surface area (Å²) >= 11 is 0. The third-order valence-corrected chi connectivity index (χ3v) is 3.51. The molecule has 0 aliphatic carbocycles. The van der Waals surface area contributed by atoms with Crippen LogP contribution < -0.4 is 5.32 Å². The van der Waals surface area contributed by atoms with Gasteiger partial charge in [0.2, 0.25) is 0 Å². The molecule has 0 saturated carbocycles. The van der Waals surface area contributed by atoms with Gasteiger partial charge >= 0.3 is 5.97 Å². The van der Waals surface area contributed by atoms with E-state index in [-0.39, 0.29) is 5.92 Å². The Morgan fingerprint density at radius 3 is 3.28 bits per heavy atom. The lowest BCUT2D eigenvalue weighted by molar-refractivity contribution is -0.142. The van der Waals surface area contributed by atoms with E-state index in [1.165, 1.54) is 0 Å². The molecule has 2 unspecified atom stereocenters. The van der Waals surface area contributed by atoms with Crippen molar-refractivity contribution in [2.75, 3.05) is 13.1 Å². The monoisotopic (exact) mass is 246 g/mol. The van der Waals surface area contributed by atoms with Gasteiger partial charge in [0.15, 0.2) is 5.65 Å². The third-order valence-electron chi connectivity index (χ3n) is 3.51. The Morgan fingerprint density at radius 2 is 2.44 bits per heavy atom. The van der Waals surface area contributed by atoms with E-state index in [2.05, 4.69) is 15.4 Å². The highest BCUT2D eigenvalue weighted by atomic mass is 16.4. The number of carboxylic acid groups (broad SMARTS) is 1. The van der Waals surface area contributed by atoms with Crippen LogP contribution in [-0.4, -0.2) is 38.8 Å². The van der Waals surface area contributed by atoms with Gasteiger partial charge in [-0.1, -0.05) is 0 Å². The van der Waals surface area contributed by atoms with E-state index in [0.717, 1.165) is 24.2 Å². The van der Waals surface area contributed by atoms with Crippen molar-refractivity contribution in [3.63, 3.8) is 0 Å². The molecule has 0 amide bonds. The maximum Gasteiger partial charge on any atom is 0.308 e. The summed E-state index contributed by atoms with van der Waals surface area (Å²) in [5.41, 5.74) is 1.69. The number of carboxylic acids is 1. The summed E-state index contributed by atoms with van der Waals surface area (Å²) in [6.45, 7) is 1.34. The molecule has 2 aromatic heterocycles. The Bertz CT molecular complexity index is 580. The SMILES string of the molecule is O=C(O)C1CNCCC1c1cnn2cccnc12. The summed E-state index contributed by atoms with van der Waals surface area (Å²) in [6.07, 6.45) is 6.07. The van der Waals surface area contributed by atoms with Crippen molar-refractivity contribution < 1.29 is 9.90 Å². The molecule has 2 atom stereocenters. The number of hydrogen-bond acceptors (Lipinski definition) is 4. The van der Waals surface area contributed by atoms with E-state index in [0.29, 0.717) is 6.54 Å². The average molecular weight is 246 g/mol. The van der Waals surface area contributed by atoms with E-state index in [1.54, 1.807) is 23.0 Å². The topological polar surface area (TPSA) is 79.5 Å². The molecule has 3 rings (SSSR count). The highest BCUT2D eigenvalue weighted by Crippen LogP contribution is 2.32. The number of carbonyl (C=O) groups is 1. The number of hydrogen-bond donors (Lipinski definition) is 2. The van der Waals surface area contributed by atoms with Crippen LogP contribution in [0.3, 0.4) is 0 Å². The smallest absolute Gasteiger partial charge is 0.308 e. The second-order valence-corrected chi connectivity index (χ2v) is 4.53. The minimum Gasteiger partial charge on any atom is -0.481 e. The predicted molar refractivity (Wildman–Crippen MR) is 64.3 cm³/mol. The molecular formula is C12H14N4O2. The molecule has 94 valence electrons. The summed E-state index contributed by atoms with van der Waals surface area (Å²) in [6, 6.07) is 1.81. The predicted octanol–water partition coefficient (Wildman–Crippen LogP) is 0.507. The Labute approximate surface area is 104 Å². The number of nitrogens with one attached hydrogen (secondary N) is 1. The van der Waals surface area contributed by atoms with E-state index >= 15 is 0 Å². The van der Waals surface area contributed by atoms with Crippen LogP contribution in [-0.2, 0) is 4.79 Å². The van der Waals surface area contributed by atoms with Crippen molar-refractivity contribution in [3.05, 3.63) is 30.2 Å². The molecule has 2 N–H and O–H groups in total. The standard InChI is InChI=1S/C12H14N4O2/c17-12(18)10-6-13-4-2-8(10)9-7-15-16-5-1-3-14-11(9)16/h1,3,5,7-8,10,13H,2,4,6H2,(H,17,18). The molecule has 1 fully saturated rings. The molecule has 18 heavy (non-hydrogen) atoms. The zero-order valence-electron chi connectivity index (χ0n) is 9.78. The first-order chi connectivity index (χ1) is 8.77. The van der Waals surface area contributed by atoms with Crippen molar-refractivity contribution >= 4 is 11.6 Å². The van der Waals surface area contributed by atoms with E-state index < -0.39 is 11.9 Å². The zero-order valence-corrected chi connectivity index (χ0v) is 9.78. The fourth-order valence-corrected chi connectivity index (χ4v) is 2.60. The van der Waals surface area contributed by atoms with Crippen LogP contribution in [0.5, 0.6) is 0 Å². The fraction of sp³-hybridized carbons (Fsp3) is 0.417. The molecule has 0 aromatic carbocycles. The van der Waals surface area contributed by atoms with Gasteiger partial charge in [-0.2, -0.15) is 5.10 Å². The quantitative estimate of drug-likeness (QED) is 0.807. The van der Waals surface area contributed by atoms with Crippen LogP contribution in [0.15, 0.2) is 24.7 Å². The Balaban J connectivity index is 2.04. The molecule has 6 heteroatoms. The molecule has 1 aliphatic rings. The molecule has 0 spiro atoms. The minimum atomic E-state index is -0.762. The summed E-state index contributed by atoms with van der Waals surface area (Å²) in [4.78, 5) is 15.6. The van der Waals surface area contributed by atoms with Gasteiger partial charge in [-0.15, -0.1) is 0 Å². The first-order valence-electron chi connectivity index (χ1n) is 5.99. The van der Waals surface area contributed by atoms with Gasteiger partial charge in [0.05, 0.1) is 12.1 Å². The fourth-order valence-electron chi connectivity index (χ4n) is 2.60. The van der Waals surface area contributed by atoms with E-state index in [9.17, 15) is 9.90 Å². The van der Waals surface area contributed by atoms with E-state index in [4.69, 9.17) is 0 Å². The van der Waals surface area contributed by atoms with Gasteiger partial charge in [0, 0.05) is 30.4 Å². The summed E-state index contributed by atoms with van der Waals surface area (Å²) in [5, 5.41) is 16.6. The van der Waals surface area contributed by atoms with Crippen molar-refractivity contribution in [3.8, 4) is 0 Å². The molecule has 0 radical (unpaired) electrons. The van der Waals surface area contributed by atoms with Crippen molar-refractivity contribution in [1.82, 2.24) is 19.9 Å². The van der Waals surface area contributed by atoms with E-state index in [1.807, 2.05) is 6.20 Å². The number of piperidine rings is 1. The summed E-state index contributed by atoms with van der Waals surface area (Å²) in [5.74, 6) is -1.19. The first kappa shape index (κ1) is 11.2. The van der Waals surface area contributed by atoms with Crippen LogP contribution >= 0.6 is 0 Å². The summed E-state index contributed by atoms with van der Waals surface area (Å²) in [7, 11) is 0. The lowest BCUT2D eigenvalue weighted by atomic mass is 9.82. The first-order valence-corrected chi connectivity index (χ1v) is 5.99. The van der Waals surface area contributed by atoms with Crippen molar-refractivity contribution in [1.29, 1.82) is 0 Å². The maximum absolute atomic E-state index is 11.3. The Morgan fingerprint density at radius 1 is 1.56 bits per heavy atom. The second kappa shape index (κ2) is 4.38. The van der Waals surface area contributed by atoms with Gasteiger partial charge in [-0.05, 0) is 19.0 Å². The highest BCUT2D eigenvalue weighted by Gasteiger charge is 2.33. The minimum absolute atomic E-state index is 0.0175. The van der Waals surface area contributed by atoms with Crippen molar-refractivity contribution in [2.45, 2.75) is 12.3 Å². The molecule has 3 heterocycles. The van der Waals surface area contributed by atoms with Crippen LogP contribution in [0.1, 0.15) is 17.9 Å². The van der Waals surface area contributed by atoms with Crippen LogP contribution in [0.25, 0.3) is 5.65 Å². The second-order valence-electron chi connectivity index (χ2n) is 4.53. The lowest BCUT2D eigenvalue weighted by Gasteiger charge is -2.28. The van der Waals surface area contributed by atoms with Gasteiger partial charge in [0.25, 0.3) is 0 Å². The Kier molecular flexibility index (Phi) is 2.71. The molecule has 6 nitrogen and oxygen atoms in total. The highest BCUT2D eigenvalue weighted by molar-refractivity contribution is 5.72. The number of aromatic nitrogens is 3. The maximum atomic E-state index is 11.3. The number of aliphatic carboxylic acids is 1. The lowest BCUT2D eigenvalue weighted by Crippen LogP contribution is -2.39. The van der Waals surface area contributed by atoms with Crippen LogP contribution in [0.4, 0.5) is 0 Å². The molecule has 2 aromatic rings. The molecule has 1 aliphatic heterocycles. The third kappa shape index (κ3) is 1.74. The molecule has 0 bridgehead atoms. The van der Waals surface area contributed by atoms with Crippen LogP contribution in [0.2, 0.25) is 0 Å². The summed E-state index contributed by atoms with van der Waals surface area (Å²) < 4.78 is 1.69.